The molecule has 2 aromatic rings. The summed E-state index contributed by atoms with van der Waals surface area (Å²) in [5.41, 5.74) is 2.90. The summed E-state index contributed by atoms with van der Waals surface area (Å²) in [5, 5.41) is 15.7. The van der Waals surface area contributed by atoms with Crippen molar-refractivity contribution in [3.8, 4) is 11.5 Å². The number of aromatic hydroxyl groups is 1. The molecule has 0 unspecified atom stereocenters. The van der Waals surface area contributed by atoms with Gasteiger partial charge in [0.15, 0.2) is 11.5 Å². The van der Waals surface area contributed by atoms with Gasteiger partial charge in [-0.1, -0.05) is 0 Å². The number of hydrogen-bond donors (Lipinski definition) is 3. The van der Waals surface area contributed by atoms with Crippen molar-refractivity contribution in [2.45, 2.75) is 0 Å². The Morgan fingerprint density at radius 3 is 2.92 bits per heavy atom. The summed E-state index contributed by atoms with van der Waals surface area (Å²) in [5.74, 6) is -0.0750. The SMILES string of the molecule is COc1cc(/C=N/NC(=O)CNC(=O)C=Cc2ccco2)ccc1O. The van der Waals surface area contributed by atoms with Crippen LogP contribution in [0, 0.1) is 0 Å². The van der Waals surface area contributed by atoms with E-state index in [9.17, 15) is 14.7 Å². The Balaban J connectivity index is 1.75. The van der Waals surface area contributed by atoms with Crippen LogP contribution in [0.3, 0.4) is 0 Å². The average molecular weight is 343 g/mol. The van der Waals surface area contributed by atoms with Gasteiger partial charge in [0.1, 0.15) is 5.76 Å². The first-order chi connectivity index (χ1) is 12.1. The molecule has 0 aliphatic heterocycles. The standard InChI is InChI=1S/C17H17N3O5/c1-24-15-9-12(4-6-14(15)21)10-19-20-17(23)11-18-16(22)7-5-13-3-2-8-25-13/h2-10,21H,11H2,1H3,(H,18,22)(H,20,23)/b7-5?,19-10+. The maximum Gasteiger partial charge on any atom is 0.259 e. The average Bonchev–Trinajstić information content (AvgIpc) is 3.13. The summed E-state index contributed by atoms with van der Waals surface area (Å²) < 4.78 is 10.0. The smallest absolute Gasteiger partial charge is 0.259 e. The van der Waals surface area contributed by atoms with E-state index in [1.54, 1.807) is 24.3 Å². The molecule has 130 valence electrons. The number of amides is 2. The third kappa shape index (κ3) is 5.87. The van der Waals surface area contributed by atoms with Gasteiger partial charge in [-0.05, 0) is 42.0 Å². The number of carbonyl (C=O) groups is 2. The van der Waals surface area contributed by atoms with Crippen molar-refractivity contribution in [1.29, 1.82) is 0 Å². The summed E-state index contributed by atoms with van der Waals surface area (Å²) in [7, 11) is 1.43. The van der Waals surface area contributed by atoms with E-state index in [1.165, 1.54) is 37.8 Å². The molecule has 8 nitrogen and oxygen atoms in total. The van der Waals surface area contributed by atoms with E-state index in [0.717, 1.165) is 0 Å². The molecule has 0 atom stereocenters. The third-order valence-corrected chi connectivity index (χ3v) is 2.97. The molecule has 0 radical (unpaired) electrons. The van der Waals surface area contributed by atoms with Crippen molar-refractivity contribution in [1.82, 2.24) is 10.7 Å². The van der Waals surface area contributed by atoms with E-state index in [0.29, 0.717) is 17.1 Å². The first kappa shape index (κ1) is 17.8. The molecule has 2 amide bonds. The molecule has 1 aromatic carbocycles. The predicted molar refractivity (Wildman–Crippen MR) is 91.1 cm³/mol. The predicted octanol–water partition coefficient (Wildman–Crippen LogP) is 1.27. The van der Waals surface area contributed by atoms with Crippen molar-refractivity contribution >= 4 is 24.1 Å². The fourth-order valence-electron chi connectivity index (χ4n) is 1.76. The molecular weight excluding hydrogens is 326 g/mol. The van der Waals surface area contributed by atoms with Crippen LogP contribution in [-0.2, 0) is 9.59 Å². The monoisotopic (exact) mass is 343 g/mol. The molecule has 3 N–H and O–H groups in total. The molecule has 0 saturated heterocycles. The maximum atomic E-state index is 11.6. The van der Waals surface area contributed by atoms with Crippen LogP contribution >= 0.6 is 0 Å². The molecule has 0 aliphatic rings. The lowest BCUT2D eigenvalue weighted by Crippen LogP contribution is -2.34. The van der Waals surface area contributed by atoms with Gasteiger partial charge in [0.25, 0.3) is 5.91 Å². The Morgan fingerprint density at radius 2 is 2.20 bits per heavy atom. The molecule has 1 heterocycles. The molecule has 0 saturated carbocycles. The molecule has 2 rings (SSSR count). The second-order valence-electron chi connectivity index (χ2n) is 4.79. The van der Waals surface area contributed by atoms with E-state index >= 15 is 0 Å². The van der Waals surface area contributed by atoms with Gasteiger partial charge in [-0.2, -0.15) is 5.10 Å². The number of hydrazone groups is 1. The number of nitrogens with zero attached hydrogens (tertiary/aromatic N) is 1. The topological polar surface area (TPSA) is 113 Å². The number of furan rings is 1. The van der Waals surface area contributed by atoms with Gasteiger partial charge >= 0.3 is 0 Å². The highest BCUT2D eigenvalue weighted by atomic mass is 16.5. The number of benzene rings is 1. The maximum absolute atomic E-state index is 11.6. The number of hydrogen-bond acceptors (Lipinski definition) is 6. The summed E-state index contributed by atoms with van der Waals surface area (Å²) in [4.78, 5) is 23.1. The second-order valence-corrected chi connectivity index (χ2v) is 4.79. The van der Waals surface area contributed by atoms with E-state index in [-0.39, 0.29) is 12.3 Å². The normalized spacial score (nSPS) is 10.9. The van der Waals surface area contributed by atoms with Crippen LogP contribution in [0.2, 0.25) is 0 Å². The molecule has 25 heavy (non-hydrogen) atoms. The molecule has 1 aromatic heterocycles. The zero-order valence-corrected chi connectivity index (χ0v) is 13.4. The Kier molecular flexibility index (Phi) is 6.35. The van der Waals surface area contributed by atoms with Gasteiger partial charge in [-0.3, -0.25) is 9.59 Å². The Morgan fingerprint density at radius 1 is 1.36 bits per heavy atom. The lowest BCUT2D eigenvalue weighted by Gasteiger charge is -2.03. The largest absolute Gasteiger partial charge is 0.504 e. The summed E-state index contributed by atoms with van der Waals surface area (Å²) in [6.45, 7) is -0.225. The first-order valence-electron chi connectivity index (χ1n) is 7.27. The highest BCUT2D eigenvalue weighted by Crippen LogP contribution is 2.25. The van der Waals surface area contributed by atoms with Crippen LogP contribution in [0.4, 0.5) is 0 Å². The van der Waals surface area contributed by atoms with Gasteiger partial charge < -0.3 is 19.6 Å². The molecule has 8 heteroatoms. The number of phenols is 1. The fraction of sp³-hybridized carbons (Fsp3) is 0.118. The van der Waals surface area contributed by atoms with Crippen molar-refractivity contribution in [3.05, 3.63) is 54.0 Å². The molecule has 0 fully saturated rings. The lowest BCUT2D eigenvalue weighted by atomic mass is 10.2. The molecule has 0 spiro atoms. The van der Waals surface area contributed by atoms with Crippen LogP contribution in [0.5, 0.6) is 11.5 Å². The molecule has 0 aliphatic carbocycles. The van der Waals surface area contributed by atoms with Crippen LogP contribution in [0.1, 0.15) is 11.3 Å². The van der Waals surface area contributed by atoms with Crippen molar-refractivity contribution in [3.63, 3.8) is 0 Å². The minimum absolute atomic E-state index is 0.00833. The van der Waals surface area contributed by atoms with Gasteiger partial charge in [0, 0.05) is 6.08 Å². The number of rotatable bonds is 7. The van der Waals surface area contributed by atoms with Crippen molar-refractivity contribution in [2.75, 3.05) is 13.7 Å². The van der Waals surface area contributed by atoms with Gasteiger partial charge in [-0.15, -0.1) is 0 Å². The number of ether oxygens (including phenoxy) is 1. The van der Waals surface area contributed by atoms with Crippen molar-refractivity contribution in [2.24, 2.45) is 5.10 Å². The highest BCUT2D eigenvalue weighted by Gasteiger charge is 2.03. The van der Waals surface area contributed by atoms with Crippen LogP contribution < -0.4 is 15.5 Å². The quantitative estimate of drug-likeness (QED) is 0.398. The van der Waals surface area contributed by atoms with Gasteiger partial charge in [-0.25, -0.2) is 5.43 Å². The van der Waals surface area contributed by atoms with Crippen LogP contribution in [0.15, 0.2) is 52.2 Å². The lowest BCUT2D eigenvalue weighted by molar-refractivity contribution is -0.123. The fourth-order valence-corrected chi connectivity index (χ4v) is 1.76. The zero-order chi connectivity index (χ0) is 18.1. The third-order valence-electron chi connectivity index (χ3n) is 2.97. The van der Waals surface area contributed by atoms with Crippen LogP contribution in [0.25, 0.3) is 6.08 Å². The summed E-state index contributed by atoms with van der Waals surface area (Å²) >= 11 is 0. The number of phenolic OH excluding ortho intramolecular Hbond substituents is 1. The van der Waals surface area contributed by atoms with Crippen LogP contribution in [-0.4, -0.2) is 36.8 Å². The van der Waals surface area contributed by atoms with Gasteiger partial charge in [0.2, 0.25) is 5.91 Å². The Hall–Kier alpha value is -3.55. The highest BCUT2D eigenvalue weighted by molar-refractivity contribution is 5.94. The van der Waals surface area contributed by atoms with Gasteiger partial charge in [0.05, 0.1) is 26.1 Å². The zero-order valence-electron chi connectivity index (χ0n) is 13.4. The first-order valence-corrected chi connectivity index (χ1v) is 7.27. The van der Waals surface area contributed by atoms with E-state index in [4.69, 9.17) is 9.15 Å². The Labute approximate surface area is 143 Å². The summed E-state index contributed by atoms with van der Waals surface area (Å²) in [6.07, 6.45) is 5.63. The number of methoxy groups -OCH3 is 1. The minimum atomic E-state index is -0.484. The Bertz CT molecular complexity index is 782. The second kappa shape index (κ2) is 8.92. The number of nitrogens with one attached hydrogen (secondary N) is 2. The van der Waals surface area contributed by atoms with E-state index in [2.05, 4.69) is 15.8 Å². The van der Waals surface area contributed by atoms with Crippen molar-refractivity contribution < 1.29 is 23.8 Å². The summed E-state index contributed by atoms with van der Waals surface area (Å²) in [6, 6.07) is 8.02. The van der Waals surface area contributed by atoms with E-state index in [1.807, 2.05) is 0 Å². The molecule has 0 bridgehead atoms. The van der Waals surface area contributed by atoms with E-state index < -0.39 is 11.8 Å². The number of carbonyl (C=O) groups excluding carboxylic acids is 2. The molecular formula is C17H17N3O5. The minimum Gasteiger partial charge on any atom is -0.504 e.